The van der Waals surface area contributed by atoms with Gasteiger partial charge in [0.25, 0.3) is 0 Å². The first-order valence-corrected chi connectivity index (χ1v) is 7.42. The second-order valence-corrected chi connectivity index (χ2v) is 6.24. The highest BCUT2D eigenvalue weighted by atomic mass is 32.2. The van der Waals surface area contributed by atoms with E-state index < -0.39 is 9.84 Å². The van der Waals surface area contributed by atoms with Crippen LogP contribution in [0, 0.1) is 0 Å². The summed E-state index contributed by atoms with van der Waals surface area (Å²) in [6.07, 6.45) is 0. The molecule has 0 bridgehead atoms. The van der Waals surface area contributed by atoms with Crippen molar-refractivity contribution in [3.63, 3.8) is 0 Å². The molecule has 0 aliphatic rings. The van der Waals surface area contributed by atoms with Crippen LogP contribution in [0.25, 0.3) is 0 Å². The largest absolute Gasteiger partial charge is 0.220 e. The monoisotopic (exact) mass is 298 g/mol. The summed E-state index contributed by atoms with van der Waals surface area (Å²) in [7, 11) is -3.56. The van der Waals surface area contributed by atoms with Crippen LogP contribution in [0.15, 0.2) is 69.3 Å². The van der Waals surface area contributed by atoms with Gasteiger partial charge in [-0.25, -0.2) is 13.7 Å². The molecular formula is C12H10O5S2. The molecule has 2 aromatic carbocycles. The Kier molecular flexibility index (Phi) is 4.56. The molecule has 0 fully saturated rings. The van der Waals surface area contributed by atoms with Crippen LogP contribution in [-0.4, -0.2) is 13.7 Å². The maximum absolute atomic E-state index is 12.3. The Bertz CT molecular complexity index is 640. The molecule has 2 rings (SSSR count). The van der Waals surface area contributed by atoms with Crippen LogP contribution in [-0.2, 0) is 19.2 Å². The van der Waals surface area contributed by atoms with Gasteiger partial charge in [0, 0.05) is 4.90 Å². The Morgan fingerprint density at radius 1 is 0.947 bits per heavy atom. The number of benzene rings is 2. The summed E-state index contributed by atoms with van der Waals surface area (Å²) in [5.74, 6) is 0. The lowest BCUT2D eigenvalue weighted by Gasteiger charge is -2.05. The Hall–Kier alpha value is -1.38. The molecule has 5 nitrogen and oxygen atoms in total. The summed E-state index contributed by atoms with van der Waals surface area (Å²) in [6.45, 7) is 0. The average molecular weight is 298 g/mol. The topological polar surface area (TPSA) is 72.8 Å². The van der Waals surface area contributed by atoms with E-state index in [1.807, 2.05) is 0 Å². The number of hydrogen-bond acceptors (Lipinski definition) is 6. The highest BCUT2D eigenvalue weighted by Crippen LogP contribution is 2.26. The fourth-order valence-corrected chi connectivity index (χ4v) is 3.30. The van der Waals surface area contributed by atoms with Crippen LogP contribution in [0.4, 0.5) is 0 Å². The molecule has 0 saturated carbocycles. The van der Waals surface area contributed by atoms with Gasteiger partial charge in [-0.15, -0.1) is 4.33 Å². The van der Waals surface area contributed by atoms with E-state index in [9.17, 15) is 8.42 Å². The normalized spacial score (nSPS) is 11.4. The lowest BCUT2D eigenvalue weighted by Crippen LogP contribution is -2.01. The summed E-state index contributed by atoms with van der Waals surface area (Å²) in [5, 5.41) is 11.5. The van der Waals surface area contributed by atoms with Gasteiger partial charge in [0.05, 0.1) is 21.8 Å². The molecule has 1 N–H and O–H groups in total. The third-order valence-corrected chi connectivity index (χ3v) is 4.67. The zero-order chi connectivity index (χ0) is 13.7. The van der Waals surface area contributed by atoms with Crippen molar-refractivity contribution in [2.75, 3.05) is 0 Å². The second-order valence-electron chi connectivity index (χ2n) is 3.52. The number of rotatable bonds is 5. The summed E-state index contributed by atoms with van der Waals surface area (Å²) < 4.78 is 28.9. The maximum atomic E-state index is 12.3. The van der Waals surface area contributed by atoms with Gasteiger partial charge in [-0.1, -0.05) is 29.3 Å². The predicted molar refractivity (Wildman–Crippen MR) is 69.0 cm³/mol. The molecular weight excluding hydrogens is 288 g/mol. The molecule has 0 amide bonds. The van der Waals surface area contributed by atoms with Crippen LogP contribution in [0.2, 0.25) is 0 Å². The first kappa shape index (κ1) is 14.0. The van der Waals surface area contributed by atoms with Crippen LogP contribution < -0.4 is 0 Å². The highest BCUT2D eigenvalue weighted by molar-refractivity contribution is 7.94. The van der Waals surface area contributed by atoms with Gasteiger partial charge in [-0.2, -0.15) is 0 Å². The molecule has 0 heterocycles. The van der Waals surface area contributed by atoms with Gasteiger partial charge in [0.2, 0.25) is 9.84 Å². The third-order valence-electron chi connectivity index (χ3n) is 2.33. The van der Waals surface area contributed by atoms with Crippen molar-refractivity contribution in [2.45, 2.75) is 14.7 Å². The van der Waals surface area contributed by atoms with E-state index in [1.165, 1.54) is 24.3 Å². The van der Waals surface area contributed by atoms with Gasteiger partial charge < -0.3 is 0 Å². The highest BCUT2D eigenvalue weighted by Gasteiger charge is 2.17. The maximum Gasteiger partial charge on any atom is 0.206 e. The quantitative estimate of drug-likeness (QED) is 0.520. The van der Waals surface area contributed by atoms with Crippen molar-refractivity contribution in [3.05, 3.63) is 54.6 Å². The molecule has 0 aliphatic heterocycles. The van der Waals surface area contributed by atoms with Crippen molar-refractivity contribution in [3.8, 4) is 0 Å². The molecule has 100 valence electrons. The van der Waals surface area contributed by atoms with Gasteiger partial charge in [0.15, 0.2) is 0 Å². The molecule has 7 heteroatoms. The molecule has 19 heavy (non-hydrogen) atoms. The van der Waals surface area contributed by atoms with E-state index >= 15 is 0 Å². The lowest BCUT2D eigenvalue weighted by molar-refractivity contribution is -0.432. The predicted octanol–water partition coefficient (Wildman–Crippen LogP) is 2.95. The van der Waals surface area contributed by atoms with E-state index in [2.05, 4.69) is 9.37 Å². The first-order valence-electron chi connectivity index (χ1n) is 5.19. The van der Waals surface area contributed by atoms with E-state index in [-0.39, 0.29) is 9.79 Å². The van der Waals surface area contributed by atoms with Crippen molar-refractivity contribution in [1.82, 2.24) is 0 Å². The molecule has 0 saturated heterocycles. The third kappa shape index (κ3) is 3.34. The van der Waals surface area contributed by atoms with Crippen LogP contribution in [0.3, 0.4) is 0 Å². The zero-order valence-corrected chi connectivity index (χ0v) is 11.2. The summed E-state index contributed by atoms with van der Waals surface area (Å²) in [6, 6.07) is 14.3. The SMILES string of the molecule is O=S(=O)(c1ccccc1)c1cccc(SOOO)c1. The standard InChI is InChI=1S/C12H10O5S2/c13-16-17-18-10-5-4-8-12(9-10)19(14,15)11-6-2-1-3-7-11/h1-9,13H. The van der Waals surface area contributed by atoms with Gasteiger partial charge in [-0.05, 0) is 30.3 Å². The Balaban J connectivity index is 2.36. The van der Waals surface area contributed by atoms with Crippen molar-refractivity contribution in [2.24, 2.45) is 0 Å². The number of hydrogen-bond donors (Lipinski definition) is 1. The summed E-state index contributed by atoms with van der Waals surface area (Å²) in [5.41, 5.74) is 0. The minimum atomic E-state index is -3.56. The molecule has 0 aliphatic carbocycles. The fraction of sp³-hybridized carbons (Fsp3) is 0. The van der Waals surface area contributed by atoms with Gasteiger partial charge >= 0.3 is 0 Å². The van der Waals surface area contributed by atoms with Crippen LogP contribution >= 0.6 is 12.0 Å². The lowest BCUT2D eigenvalue weighted by atomic mass is 10.4. The molecule has 0 aromatic heterocycles. The smallest absolute Gasteiger partial charge is 0.206 e. The van der Waals surface area contributed by atoms with Gasteiger partial charge in [0.1, 0.15) is 0 Å². The second kappa shape index (κ2) is 6.18. The summed E-state index contributed by atoms with van der Waals surface area (Å²) >= 11 is 0.709. The fourth-order valence-electron chi connectivity index (χ4n) is 1.48. The van der Waals surface area contributed by atoms with E-state index in [0.717, 1.165) is 0 Å². The Morgan fingerprint density at radius 3 is 2.32 bits per heavy atom. The van der Waals surface area contributed by atoms with E-state index in [0.29, 0.717) is 16.9 Å². The average Bonchev–Trinajstić information content (AvgIpc) is 2.46. The van der Waals surface area contributed by atoms with Crippen molar-refractivity contribution >= 4 is 21.9 Å². The number of sulfone groups is 1. The van der Waals surface area contributed by atoms with Gasteiger partial charge in [-0.3, -0.25) is 0 Å². The molecule has 0 unspecified atom stereocenters. The van der Waals surface area contributed by atoms with E-state index in [4.69, 9.17) is 5.26 Å². The van der Waals surface area contributed by atoms with Crippen LogP contribution in [0.5, 0.6) is 0 Å². The first-order chi connectivity index (χ1) is 9.14. The van der Waals surface area contributed by atoms with Crippen molar-refractivity contribution < 1.29 is 23.0 Å². The molecule has 0 spiro atoms. The van der Waals surface area contributed by atoms with Crippen molar-refractivity contribution in [1.29, 1.82) is 0 Å². The van der Waals surface area contributed by atoms with E-state index in [1.54, 1.807) is 30.3 Å². The molecule has 0 radical (unpaired) electrons. The molecule has 0 atom stereocenters. The minimum Gasteiger partial charge on any atom is -0.220 e. The zero-order valence-electron chi connectivity index (χ0n) is 9.59. The Labute approximate surface area is 114 Å². The summed E-state index contributed by atoms with van der Waals surface area (Å²) in [4.78, 5) is 0.854. The Morgan fingerprint density at radius 2 is 1.63 bits per heavy atom. The molecule has 2 aromatic rings. The minimum absolute atomic E-state index is 0.144. The van der Waals surface area contributed by atoms with Crippen LogP contribution in [0.1, 0.15) is 0 Å².